The molecule has 0 fully saturated rings. The first-order valence-electron chi connectivity index (χ1n) is 4.07. The van der Waals surface area contributed by atoms with Crippen molar-refractivity contribution in [3.05, 3.63) is 35.4 Å². The van der Waals surface area contributed by atoms with Crippen molar-refractivity contribution in [2.45, 2.75) is 19.8 Å². The van der Waals surface area contributed by atoms with Gasteiger partial charge in [0.05, 0.1) is 5.84 Å². The highest BCUT2D eigenvalue weighted by molar-refractivity contribution is 5.77. The average Bonchev–Trinajstić information content (AvgIpc) is 2.03. The molecule has 1 rings (SSSR count). The summed E-state index contributed by atoms with van der Waals surface area (Å²) in [6, 6.07) is 8.32. The quantitative estimate of drug-likeness (QED) is 0.517. The third-order valence-electron chi connectivity index (χ3n) is 1.80. The van der Waals surface area contributed by atoms with Crippen LogP contribution in [0, 0.1) is 12.3 Å². The molecule has 3 N–H and O–H groups in total. The molecule has 2 nitrogen and oxygen atoms in total. The first-order valence-corrected chi connectivity index (χ1v) is 4.07. The van der Waals surface area contributed by atoms with Crippen LogP contribution >= 0.6 is 0 Å². The average molecular weight is 162 g/mol. The lowest BCUT2D eigenvalue weighted by Gasteiger charge is -1.99. The van der Waals surface area contributed by atoms with E-state index in [1.807, 2.05) is 0 Å². The van der Waals surface area contributed by atoms with E-state index in [0.717, 1.165) is 6.42 Å². The first kappa shape index (κ1) is 8.78. The Balaban J connectivity index is 2.53. The molecule has 1 aromatic rings. The normalized spacial score (nSPS) is 9.75. The molecule has 0 aliphatic heterocycles. The highest BCUT2D eigenvalue weighted by atomic mass is 14.7. The van der Waals surface area contributed by atoms with E-state index in [1.54, 1.807) is 0 Å². The molecule has 0 bridgehead atoms. The molecule has 0 heterocycles. The smallest absolute Gasteiger partial charge is 0.0908 e. The standard InChI is InChI=1S/C10H14N2/c1-8-2-4-9(5-3-8)6-7-10(11)12/h2-5H,6-7H2,1H3,(H3,11,12). The summed E-state index contributed by atoms with van der Waals surface area (Å²) in [5.41, 5.74) is 7.76. The van der Waals surface area contributed by atoms with Crippen LogP contribution in [0.1, 0.15) is 17.5 Å². The van der Waals surface area contributed by atoms with Gasteiger partial charge in [-0.25, -0.2) is 0 Å². The molecule has 0 aliphatic carbocycles. The van der Waals surface area contributed by atoms with Gasteiger partial charge in [0, 0.05) is 6.42 Å². The number of nitrogens with one attached hydrogen (secondary N) is 1. The van der Waals surface area contributed by atoms with Crippen LogP contribution in [0.25, 0.3) is 0 Å². The Morgan fingerprint density at radius 1 is 1.33 bits per heavy atom. The zero-order valence-electron chi connectivity index (χ0n) is 7.30. The van der Waals surface area contributed by atoms with Gasteiger partial charge in [0.15, 0.2) is 0 Å². The van der Waals surface area contributed by atoms with Gasteiger partial charge in [0.2, 0.25) is 0 Å². The summed E-state index contributed by atoms with van der Waals surface area (Å²) in [4.78, 5) is 0. The van der Waals surface area contributed by atoms with Crippen molar-refractivity contribution in [3.63, 3.8) is 0 Å². The lowest BCUT2D eigenvalue weighted by Crippen LogP contribution is -2.10. The van der Waals surface area contributed by atoms with E-state index < -0.39 is 0 Å². The summed E-state index contributed by atoms with van der Waals surface area (Å²) in [7, 11) is 0. The number of nitrogens with two attached hydrogens (primary N) is 1. The van der Waals surface area contributed by atoms with Crippen molar-refractivity contribution in [1.82, 2.24) is 0 Å². The molecule has 0 aromatic heterocycles. The summed E-state index contributed by atoms with van der Waals surface area (Å²) >= 11 is 0. The van der Waals surface area contributed by atoms with Gasteiger partial charge in [-0.1, -0.05) is 29.8 Å². The maximum absolute atomic E-state index is 7.06. The zero-order chi connectivity index (χ0) is 8.97. The molecule has 0 spiro atoms. The van der Waals surface area contributed by atoms with E-state index in [4.69, 9.17) is 11.1 Å². The molecule has 12 heavy (non-hydrogen) atoms. The van der Waals surface area contributed by atoms with Crippen LogP contribution in [0.4, 0.5) is 0 Å². The molecule has 0 unspecified atom stereocenters. The minimum absolute atomic E-state index is 0.260. The number of aryl methyl sites for hydroxylation is 2. The van der Waals surface area contributed by atoms with E-state index in [-0.39, 0.29) is 5.84 Å². The van der Waals surface area contributed by atoms with Gasteiger partial charge in [-0.3, -0.25) is 5.41 Å². The fourth-order valence-electron chi connectivity index (χ4n) is 1.03. The Morgan fingerprint density at radius 3 is 2.42 bits per heavy atom. The highest BCUT2D eigenvalue weighted by Gasteiger charge is 1.93. The molecule has 0 saturated carbocycles. The zero-order valence-corrected chi connectivity index (χ0v) is 7.30. The number of hydrogen-bond acceptors (Lipinski definition) is 1. The number of benzene rings is 1. The SMILES string of the molecule is Cc1ccc(CCC(=N)N)cc1. The maximum Gasteiger partial charge on any atom is 0.0908 e. The van der Waals surface area contributed by atoms with Gasteiger partial charge in [-0.2, -0.15) is 0 Å². The van der Waals surface area contributed by atoms with Crippen LogP contribution in [0.15, 0.2) is 24.3 Å². The second-order valence-corrected chi connectivity index (χ2v) is 3.01. The fraction of sp³-hybridized carbons (Fsp3) is 0.300. The molecule has 0 aliphatic rings. The van der Waals surface area contributed by atoms with Crippen LogP contribution < -0.4 is 5.73 Å². The van der Waals surface area contributed by atoms with Crippen LogP contribution in [-0.2, 0) is 6.42 Å². The van der Waals surface area contributed by atoms with Gasteiger partial charge in [-0.05, 0) is 18.9 Å². The number of hydrogen-bond donors (Lipinski definition) is 2. The molecular formula is C10H14N2. The van der Waals surface area contributed by atoms with E-state index in [1.165, 1.54) is 11.1 Å². The van der Waals surface area contributed by atoms with E-state index in [9.17, 15) is 0 Å². The molecule has 1 aromatic carbocycles. The van der Waals surface area contributed by atoms with E-state index in [2.05, 4.69) is 31.2 Å². The maximum atomic E-state index is 7.06. The Bertz CT molecular complexity index is 262. The summed E-state index contributed by atoms with van der Waals surface area (Å²) in [6.45, 7) is 2.06. The monoisotopic (exact) mass is 162 g/mol. The van der Waals surface area contributed by atoms with Crippen molar-refractivity contribution in [1.29, 1.82) is 5.41 Å². The summed E-state index contributed by atoms with van der Waals surface area (Å²) in [5.74, 6) is 0.260. The highest BCUT2D eigenvalue weighted by Crippen LogP contribution is 2.05. The third-order valence-corrected chi connectivity index (χ3v) is 1.80. The van der Waals surface area contributed by atoms with Gasteiger partial charge < -0.3 is 5.73 Å². The van der Waals surface area contributed by atoms with Gasteiger partial charge in [0.1, 0.15) is 0 Å². The van der Waals surface area contributed by atoms with Crippen LogP contribution in [0.5, 0.6) is 0 Å². The second kappa shape index (κ2) is 3.90. The van der Waals surface area contributed by atoms with E-state index in [0.29, 0.717) is 6.42 Å². The van der Waals surface area contributed by atoms with Crippen molar-refractivity contribution >= 4 is 5.84 Å². The summed E-state index contributed by atoms with van der Waals surface area (Å²) < 4.78 is 0. The molecule has 0 amide bonds. The minimum Gasteiger partial charge on any atom is -0.388 e. The lowest BCUT2D eigenvalue weighted by atomic mass is 10.1. The second-order valence-electron chi connectivity index (χ2n) is 3.01. The van der Waals surface area contributed by atoms with Gasteiger partial charge in [-0.15, -0.1) is 0 Å². The Labute approximate surface area is 72.9 Å². The van der Waals surface area contributed by atoms with Crippen molar-refractivity contribution < 1.29 is 0 Å². The third kappa shape index (κ3) is 2.74. The Morgan fingerprint density at radius 2 is 1.92 bits per heavy atom. The van der Waals surface area contributed by atoms with Crippen molar-refractivity contribution in [3.8, 4) is 0 Å². The first-order chi connectivity index (χ1) is 5.68. The van der Waals surface area contributed by atoms with Crippen LogP contribution in [0.3, 0.4) is 0 Å². The number of rotatable bonds is 3. The molecule has 64 valence electrons. The topological polar surface area (TPSA) is 49.9 Å². The van der Waals surface area contributed by atoms with E-state index >= 15 is 0 Å². The summed E-state index contributed by atoms with van der Waals surface area (Å²) in [6.07, 6.45) is 1.53. The van der Waals surface area contributed by atoms with Gasteiger partial charge >= 0.3 is 0 Å². The lowest BCUT2D eigenvalue weighted by molar-refractivity contribution is 1.02. The van der Waals surface area contributed by atoms with Gasteiger partial charge in [0.25, 0.3) is 0 Å². The number of amidine groups is 1. The Hall–Kier alpha value is -1.31. The molecule has 0 saturated heterocycles. The Kier molecular flexibility index (Phi) is 2.86. The minimum atomic E-state index is 0.260. The molecular weight excluding hydrogens is 148 g/mol. The predicted molar refractivity (Wildman–Crippen MR) is 51.4 cm³/mol. The largest absolute Gasteiger partial charge is 0.388 e. The van der Waals surface area contributed by atoms with Crippen LogP contribution in [-0.4, -0.2) is 5.84 Å². The van der Waals surface area contributed by atoms with Crippen molar-refractivity contribution in [2.24, 2.45) is 5.73 Å². The summed E-state index contributed by atoms with van der Waals surface area (Å²) in [5, 5.41) is 7.06. The molecule has 2 heteroatoms. The predicted octanol–water partition coefficient (Wildman–Crippen LogP) is 1.86. The molecule has 0 atom stereocenters. The molecule has 0 radical (unpaired) electrons. The van der Waals surface area contributed by atoms with Crippen molar-refractivity contribution in [2.75, 3.05) is 0 Å². The fourth-order valence-corrected chi connectivity index (χ4v) is 1.03. The van der Waals surface area contributed by atoms with Crippen LogP contribution in [0.2, 0.25) is 0 Å².